The van der Waals surface area contributed by atoms with Gasteiger partial charge in [0.25, 0.3) is 0 Å². The minimum Gasteiger partial charge on any atom is -0.352 e. The van der Waals surface area contributed by atoms with Crippen LogP contribution in [0.4, 0.5) is 0 Å². The Morgan fingerprint density at radius 3 is 2.88 bits per heavy atom. The van der Waals surface area contributed by atoms with Crippen molar-refractivity contribution in [3.8, 4) is 0 Å². The number of aromatic nitrogens is 2. The van der Waals surface area contributed by atoms with E-state index in [1.807, 2.05) is 24.3 Å². The van der Waals surface area contributed by atoms with Crippen LogP contribution in [0.25, 0.3) is 0 Å². The summed E-state index contributed by atoms with van der Waals surface area (Å²) in [5.74, 6) is 1.34. The van der Waals surface area contributed by atoms with Crippen LogP contribution >= 0.6 is 11.6 Å². The van der Waals surface area contributed by atoms with Crippen molar-refractivity contribution in [1.29, 1.82) is 0 Å². The maximum atomic E-state index is 11.4. The Bertz CT molecular complexity index is 731. The van der Waals surface area contributed by atoms with Gasteiger partial charge in [0.05, 0.1) is 6.54 Å². The van der Waals surface area contributed by atoms with Crippen molar-refractivity contribution in [2.24, 2.45) is 0 Å². The quantitative estimate of drug-likeness (QED) is 0.820. The Morgan fingerprint density at radius 1 is 1.40 bits per heavy atom. The van der Waals surface area contributed by atoms with E-state index < -0.39 is 0 Å². The van der Waals surface area contributed by atoms with E-state index in [4.69, 9.17) is 16.1 Å². The van der Waals surface area contributed by atoms with E-state index in [2.05, 4.69) is 34.2 Å². The van der Waals surface area contributed by atoms with Crippen molar-refractivity contribution in [2.75, 3.05) is 6.54 Å². The van der Waals surface area contributed by atoms with Gasteiger partial charge in [0, 0.05) is 36.5 Å². The van der Waals surface area contributed by atoms with E-state index in [1.54, 1.807) is 0 Å². The summed E-state index contributed by atoms with van der Waals surface area (Å²) in [5, 5.41) is 7.78. The lowest BCUT2D eigenvalue weighted by Gasteiger charge is -2.27. The number of benzene rings is 1. The number of carbonyl (C=O) groups is 1. The molecule has 0 bridgehead atoms. The van der Waals surface area contributed by atoms with Crippen LogP contribution in [0.3, 0.4) is 0 Å². The van der Waals surface area contributed by atoms with E-state index in [-0.39, 0.29) is 11.9 Å². The second-order valence-electron chi connectivity index (χ2n) is 6.70. The molecule has 3 rings (SSSR count). The highest BCUT2D eigenvalue weighted by molar-refractivity contribution is 6.31. The summed E-state index contributed by atoms with van der Waals surface area (Å²) in [5.41, 5.74) is 0.978. The molecule has 134 valence electrons. The van der Waals surface area contributed by atoms with Crippen molar-refractivity contribution in [3.63, 3.8) is 0 Å². The van der Waals surface area contributed by atoms with E-state index in [0.29, 0.717) is 42.2 Å². The fourth-order valence-electron chi connectivity index (χ4n) is 2.97. The van der Waals surface area contributed by atoms with Crippen LogP contribution in [-0.4, -0.2) is 39.6 Å². The zero-order valence-electron chi connectivity index (χ0n) is 14.5. The number of nitrogens with one attached hydrogen (secondary N) is 1. The highest BCUT2D eigenvalue weighted by Crippen LogP contribution is 2.18. The van der Waals surface area contributed by atoms with Gasteiger partial charge in [0.15, 0.2) is 5.82 Å². The molecule has 1 aromatic heterocycles. The number of rotatable bonds is 7. The number of hydrogen-bond donors (Lipinski definition) is 1. The molecule has 1 aliphatic heterocycles. The van der Waals surface area contributed by atoms with Crippen LogP contribution in [0.2, 0.25) is 5.02 Å². The number of nitrogens with zero attached hydrogens (tertiary/aromatic N) is 3. The highest BCUT2D eigenvalue weighted by atomic mass is 35.5. The predicted octanol–water partition coefficient (Wildman–Crippen LogP) is 2.80. The average Bonchev–Trinajstić information content (AvgIpc) is 3.18. The van der Waals surface area contributed by atoms with Gasteiger partial charge in [0.1, 0.15) is 0 Å². The summed E-state index contributed by atoms with van der Waals surface area (Å²) in [4.78, 5) is 18.1. The van der Waals surface area contributed by atoms with Crippen LogP contribution < -0.4 is 5.32 Å². The predicted molar refractivity (Wildman–Crippen MR) is 95.3 cm³/mol. The summed E-state index contributed by atoms with van der Waals surface area (Å²) in [6.45, 7) is 5.60. The largest absolute Gasteiger partial charge is 0.352 e. The molecular formula is C18H23ClN4O2. The van der Waals surface area contributed by atoms with E-state index in [1.165, 1.54) is 0 Å². The molecule has 1 saturated heterocycles. The third kappa shape index (κ3) is 4.80. The molecule has 0 saturated carbocycles. The molecule has 0 radical (unpaired) electrons. The van der Waals surface area contributed by atoms with Crippen LogP contribution in [0.15, 0.2) is 28.8 Å². The van der Waals surface area contributed by atoms with Crippen LogP contribution in [0, 0.1) is 0 Å². The first-order chi connectivity index (χ1) is 12.0. The molecule has 0 aliphatic carbocycles. The molecule has 7 heteroatoms. The van der Waals surface area contributed by atoms with Crippen molar-refractivity contribution < 1.29 is 9.32 Å². The second-order valence-corrected chi connectivity index (χ2v) is 7.11. The van der Waals surface area contributed by atoms with Gasteiger partial charge in [-0.3, -0.25) is 9.69 Å². The summed E-state index contributed by atoms with van der Waals surface area (Å²) in [6.07, 6.45) is 2.03. The first kappa shape index (κ1) is 17.9. The molecule has 1 aliphatic rings. The Hall–Kier alpha value is -1.92. The van der Waals surface area contributed by atoms with Gasteiger partial charge < -0.3 is 9.84 Å². The first-order valence-corrected chi connectivity index (χ1v) is 8.97. The Kier molecular flexibility index (Phi) is 5.71. The van der Waals surface area contributed by atoms with E-state index >= 15 is 0 Å². The first-order valence-electron chi connectivity index (χ1n) is 8.59. The van der Waals surface area contributed by atoms with Crippen LogP contribution in [-0.2, 0) is 17.8 Å². The van der Waals surface area contributed by atoms with E-state index in [0.717, 1.165) is 18.5 Å². The lowest BCUT2D eigenvalue weighted by Crippen LogP contribution is -2.41. The van der Waals surface area contributed by atoms with Crippen LogP contribution in [0.1, 0.15) is 44.0 Å². The van der Waals surface area contributed by atoms with Gasteiger partial charge in [0.2, 0.25) is 11.8 Å². The lowest BCUT2D eigenvalue weighted by atomic mass is 10.1. The molecule has 1 aromatic carbocycles. The molecule has 1 fully saturated rings. The second kappa shape index (κ2) is 7.97. The Labute approximate surface area is 152 Å². The average molecular weight is 363 g/mol. The normalized spacial score (nSPS) is 17.5. The van der Waals surface area contributed by atoms with Gasteiger partial charge in [-0.1, -0.05) is 35.0 Å². The van der Waals surface area contributed by atoms with Gasteiger partial charge in [-0.25, -0.2) is 0 Å². The lowest BCUT2D eigenvalue weighted by molar-refractivity contribution is -0.119. The standard InChI is InChI=1S/C18H23ClN4O2/c1-12(2)23(10-14-7-8-17(24)20-14)11-18-21-16(22-25-18)9-13-5-3-4-6-15(13)19/h3-6,12,14H,7-11H2,1-2H3,(H,20,24). The summed E-state index contributed by atoms with van der Waals surface area (Å²) >= 11 is 6.18. The Balaban J connectivity index is 1.62. The zero-order valence-corrected chi connectivity index (χ0v) is 15.3. The fraction of sp³-hybridized carbons (Fsp3) is 0.500. The maximum absolute atomic E-state index is 11.4. The Morgan fingerprint density at radius 2 is 2.20 bits per heavy atom. The number of amides is 1. The van der Waals surface area contributed by atoms with Gasteiger partial charge in [-0.2, -0.15) is 4.98 Å². The summed E-state index contributed by atoms with van der Waals surface area (Å²) in [7, 11) is 0. The molecule has 25 heavy (non-hydrogen) atoms. The van der Waals surface area contributed by atoms with Crippen molar-refractivity contribution >= 4 is 17.5 Å². The highest BCUT2D eigenvalue weighted by Gasteiger charge is 2.25. The molecule has 2 aromatic rings. The van der Waals surface area contributed by atoms with Crippen molar-refractivity contribution in [1.82, 2.24) is 20.4 Å². The van der Waals surface area contributed by atoms with Crippen molar-refractivity contribution in [2.45, 2.75) is 51.7 Å². The SMILES string of the molecule is CC(C)N(Cc1nc(Cc2ccccc2Cl)no1)CC1CCC(=O)N1. The van der Waals surface area contributed by atoms with Gasteiger partial charge >= 0.3 is 0 Å². The van der Waals surface area contributed by atoms with E-state index in [9.17, 15) is 4.79 Å². The molecule has 1 N–H and O–H groups in total. The minimum atomic E-state index is 0.133. The smallest absolute Gasteiger partial charge is 0.240 e. The topological polar surface area (TPSA) is 71.3 Å². The van der Waals surface area contributed by atoms with Crippen LogP contribution in [0.5, 0.6) is 0 Å². The molecule has 2 heterocycles. The number of hydrogen-bond acceptors (Lipinski definition) is 5. The van der Waals surface area contributed by atoms with Gasteiger partial charge in [-0.05, 0) is 31.9 Å². The summed E-state index contributed by atoms with van der Waals surface area (Å²) < 4.78 is 5.41. The maximum Gasteiger partial charge on any atom is 0.240 e. The molecule has 6 nitrogen and oxygen atoms in total. The molecule has 1 amide bonds. The molecule has 1 unspecified atom stereocenters. The molecular weight excluding hydrogens is 340 g/mol. The molecule has 1 atom stereocenters. The van der Waals surface area contributed by atoms with Crippen molar-refractivity contribution in [3.05, 3.63) is 46.6 Å². The molecule has 0 spiro atoms. The summed E-state index contributed by atoms with van der Waals surface area (Å²) in [6, 6.07) is 8.17. The van der Waals surface area contributed by atoms with Gasteiger partial charge in [-0.15, -0.1) is 0 Å². The fourth-order valence-corrected chi connectivity index (χ4v) is 3.17. The third-order valence-corrected chi connectivity index (χ3v) is 4.79. The zero-order chi connectivity index (χ0) is 17.8. The minimum absolute atomic E-state index is 0.133. The monoisotopic (exact) mass is 362 g/mol. The number of carbonyl (C=O) groups excluding carboxylic acids is 1. The third-order valence-electron chi connectivity index (χ3n) is 4.43. The number of halogens is 1.